The van der Waals surface area contributed by atoms with Crippen molar-refractivity contribution in [2.45, 2.75) is 12.5 Å². The fourth-order valence-corrected chi connectivity index (χ4v) is 0.958. The van der Waals surface area contributed by atoms with Gasteiger partial charge >= 0.3 is 0 Å². The smallest absolute Gasteiger partial charge is 0.0870 e. The van der Waals surface area contributed by atoms with Gasteiger partial charge < -0.3 is 19.3 Å². The number of methoxy groups -OCH3 is 1. The van der Waals surface area contributed by atoms with E-state index in [0.29, 0.717) is 38.4 Å². The van der Waals surface area contributed by atoms with Crippen LogP contribution >= 0.6 is 15.9 Å². The van der Waals surface area contributed by atoms with Crippen LogP contribution in [0.1, 0.15) is 6.42 Å². The Hall–Kier alpha value is 0.320. The lowest BCUT2D eigenvalue weighted by atomic mass is 10.4. The molecule has 14 heavy (non-hydrogen) atoms. The Bertz CT molecular complexity index is 113. The summed E-state index contributed by atoms with van der Waals surface area (Å²) in [6.45, 7) is 2.93. The number of alkyl halides is 1. The molecule has 0 aromatic heterocycles. The van der Waals surface area contributed by atoms with Gasteiger partial charge in [0.1, 0.15) is 0 Å². The first-order chi connectivity index (χ1) is 6.81. The van der Waals surface area contributed by atoms with Crippen LogP contribution in [0.25, 0.3) is 0 Å². The number of aliphatic hydroxyl groups is 1. The summed E-state index contributed by atoms with van der Waals surface area (Å²) < 4.78 is 15.3. The second-order valence-corrected chi connectivity index (χ2v) is 3.49. The van der Waals surface area contributed by atoms with Crippen molar-refractivity contribution in [1.29, 1.82) is 0 Å². The molecule has 0 rings (SSSR count). The van der Waals surface area contributed by atoms with Crippen molar-refractivity contribution in [2.24, 2.45) is 0 Å². The molecule has 0 fully saturated rings. The van der Waals surface area contributed by atoms with Crippen molar-refractivity contribution in [2.75, 3.05) is 45.5 Å². The highest BCUT2D eigenvalue weighted by Crippen LogP contribution is 1.92. The number of rotatable bonds is 10. The van der Waals surface area contributed by atoms with Crippen molar-refractivity contribution in [3.05, 3.63) is 0 Å². The predicted octanol–water partition coefficient (Wildman–Crippen LogP) is 0.812. The van der Waals surface area contributed by atoms with Crippen molar-refractivity contribution >= 4 is 15.9 Å². The molecule has 5 heteroatoms. The van der Waals surface area contributed by atoms with Crippen molar-refractivity contribution in [3.8, 4) is 0 Å². The highest BCUT2D eigenvalue weighted by molar-refractivity contribution is 9.09. The van der Waals surface area contributed by atoms with E-state index in [1.165, 1.54) is 0 Å². The number of hydrogen-bond donors (Lipinski definition) is 1. The first-order valence-electron chi connectivity index (χ1n) is 4.69. The van der Waals surface area contributed by atoms with Crippen LogP contribution in [0, 0.1) is 0 Å². The fraction of sp³-hybridized carbons (Fsp3) is 1.00. The average molecular weight is 271 g/mol. The van der Waals surface area contributed by atoms with E-state index in [4.69, 9.17) is 19.3 Å². The minimum absolute atomic E-state index is 0.378. The van der Waals surface area contributed by atoms with Gasteiger partial charge in [-0.3, -0.25) is 0 Å². The van der Waals surface area contributed by atoms with Gasteiger partial charge in [-0.25, -0.2) is 0 Å². The van der Waals surface area contributed by atoms with E-state index in [1.54, 1.807) is 7.11 Å². The Kier molecular flexibility index (Phi) is 11.7. The Morgan fingerprint density at radius 1 is 1.14 bits per heavy atom. The van der Waals surface area contributed by atoms with Crippen LogP contribution in [0.15, 0.2) is 0 Å². The lowest BCUT2D eigenvalue weighted by Gasteiger charge is -2.08. The maximum atomic E-state index is 9.11. The van der Waals surface area contributed by atoms with Crippen LogP contribution in [0.2, 0.25) is 0 Å². The third-order valence-corrected chi connectivity index (χ3v) is 2.24. The zero-order chi connectivity index (χ0) is 10.6. The van der Waals surface area contributed by atoms with Gasteiger partial charge in [-0.15, -0.1) is 0 Å². The fourth-order valence-electron chi connectivity index (χ4n) is 0.771. The molecule has 0 saturated heterocycles. The van der Waals surface area contributed by atoms with E-state index in [1.807, 2.05) is 0 Å². The second-order valence-electron chi connectivity index (χ2n) is 2.84. The quantitative estimate of drug-likeness (QED) is 0.472. The Labute approximate surface area is 93.7 Å². The Morgan fingerprint density at radius 2 is 1.86 bits per heavy atom. The summed E-state index contributed by atoms with van der Waals surface area (Å²) in [5.74, 6) is 0. The first kappa shape index (κ1) is 14.3. The van der Waals surface area contributed by atoms with E-state index < -0.39 is 6.10 Å². The van der Waals surface area contributed by atoms with Gasteiger partial charge in [-0.1, -0.05) is 15.9 Å². The van der Waals surface area contributed by atoms with Gasteiger partial charge in [-0.05, 0) is 6.42 Å². The summed E-state index contributed by atoms with van der Waals surface area (Å²) in [6, 6.07) is 0. The Morgan fingerprint density at radius 3 is 2.50 bits per heavy atom. The highest BCUT2D eigenvalue weighted by Gasteiger charge is 2.00. The van der Waals surface area contributed by atoms with E-state index in [-0.39, 0.29) is 0 Å². The van der Waals surface area contributed by atoms with Gasteiger partial charge in [0.2, 0.25) is 0 Å². The summed E-state index contributed by atoms with van der Waals surface area (Å²) in [6.07, 6.45) is 0.433. The Balaban J connectivity index is 2.92. The molecule has 0 heterocycles. The predicted molar refractivity (Wildman–Crippen MR) is 57.9 cm³/mol. The third-order valence-electron chi connectivity index (χ3n) is 1.50. The second kappa shape index (κ2) is 11.4. The van der Waals surface area contributed by atoms with E-state index in [2.05, 4.69) is 15.9 Å². The van der Waals surface area contributed by atoms with Gasteiger partial charge in [0, 0.05) is 25.7 Å². The maximum Gasteiger partial charge on any atom is 0.0870 e. The summed E-state index contributed by atoms with van der Waals surface area (Å²) in [5, 5.41) is 9.66. The molecule has 1 atom stereocenters. The topological polar surface area (TPSA) is 47.9 Å². The van der Waals surface area contributed by atoms with Gasteiger partial charge in [0.05, 0.1) is 25.9 Å². The van der Waals surface area contributed by atoms with E-state index in [0.717, 1.165) is 6.42 Å². The zero-order valence-electron chi connectivity index (χ0n) is 8.58. The standard InChI is InChI=1S/C9H19BrO4/c1-12-5-6-13-3-2-4-14-8-9(11)7-10/h9,11H,2-8H2,1H3. The van der Waals surface area contributed by atoms with Crippen LogP contribution in [0.4, 0.5) is 0 Å². The van der Waals surface area contributed by atoms with Crippen LogP contribution < -0.4 is 0 Å². The van der Waals surface area contributed by atoms with Crippen LogP contribution in [0.3, 0.4) is 0 Å². The van der Waals surface area contributed by atoms with Crippen molar-refractivity contribution in [3.63, 3.8) is 0 Å². The molecule has 0 amide bonds. The molecule has 86 valence electrons. The molecule has 0 aliphatic carbocycles. The zero-order valence-corrected chi connectivity index (χ0v) is 10.2. The molecule has 0 bridgehead atoms. The van der Waals surface area contributed by atoms with Gasteiger partial charge in [0.15, 0.2) is 0 Å². The molecule has 0 aromatic rings. The summed E-state index contributed by atoms with van der Waals surface area (Å²) in [7, 11) is 1.65. The summed E-state index contributed by atoms with van der Waals surface area (Å²) >= 11 is 3.16. The molecule has 4 nitrogen and oxygen atoms in total. The van der Waals surface area contributed by atoms with Crippen molar-refractivity contribution in [1.82, 2.24) is 0 Å². The van der Waals surface area contributed by atoms with Crippen LogP contribution in [-0.2, 0) is 14.2 Å². The lowest BCUT2D eigenvalue weighted by molar-refractivity contribution is 0.0263. The molecule has 0 aliphatic rings. The average Bonchev–Trinajstić information content (AvgIpc) is 2.21. The minimum atomic E-state index is -0.413. The van der Waals surface area contributed by atoms with E-state index in [9.17, 15) is 0 Å². The number of hydrogen-bond acceptors (Lipinski definition) is 4. The largest absolute Gasteiger partial charge is 0.390 e. The molecular formula is C9H19BrO4. The van der Waals surface area contributed by atoms with Gasteiger partial charge in [0.25, 0.3) is 0 Å². The highest BCUT2D eigenvalue weighted by atomic mass is 79.9. The SMILES string of the molecule is COCCOCCCOCC(O)CBr. The molecular weight excluding hydrogens is 252 g/mol. The normalized spacial score (nSPS) is 13.1. The van der Waals surface area contributed by atoms with Gasteiger partial charge in [-0.2, -0.15) is 0 Å². The third kappa shape index (κ3) is 10.4. The lowest BCUT2D eigenvalue weighted by Crippen LogP contribution is -2.17. The van der Waals surface area contributed by atoms with Crippen LogP contribution in [-0.4, -0.2) is 56.7 Å². The molecule has 1 unspecified atom stereocenters. The molecule has 0 spiro atoms. The van der Waals surface area contributed by atoms with Crippen molar-refractivity contribution < 1.29 is 19.3 Å². The number of halogens is 1. The molecule has 0 aliphatic heterocycles. The summed E-state index contributed by atoms with van der Waals surface area (Å²) in [4.78, 5) is 0. The number of ether oxygens (including phenoxy) is 3. The first-order valence-corrected chi connectivity index (χ1v) is 5.82. The molecule has 1 N–H and O–H groups in total. The number of aliphatic hydroxyl groups excluding tert-OH is 1. The maximum absolute atomic E-state index is 9.11. The molecule has 0 aromatic carbocycles. The van der Waals surface area contributed by atoms with Crippen LogP contribution in [0.5, 0.6) is 0 Å². The molecule has 0 radical (unpaired) electrons. The minimum Gasteiger partial charge on any atom is -0.390 e. The monoisotopic (exact) mass is 270 g/mol. The van der Waals surface area contributed by atoms with E-state index >= 15 is 0 Å². The summed E-state index contributed by atoms with van der Waals surface area (Å²) in [5.41, 5.74) is 0. The molecule has 0 saturated carbocycles.